The van der Waals surface area contributed by atoms with Crippen molar-refractivity contribution < 1.29 is 33.6 Å². The van der Waals surface area contributed by atoms with E-state index in [0.29, 0.717) is 5.56 Å². The van der Waals surface area contributed by atoms with Crippen LogP contribution in [0.1, 0.15) is 54.0 Å². The molecule has 31 heavy (non-hydrogen) atoms. The third-order valence-corrected chi connectivity index (χ3v) is 4.14. The predicted molar refractivity (Wildman–Crippen MR) is 117 cm³/mol. The smallest absolute Gasteiger partial charge is 0.346 e. The van der Waals surface area contributed by atoms with E-state index in [1.54, 1.807) is 32.0 Å². The quantitative estimate of drug-likeness (QED) is 0.353. The van der Waals surface area contributed by atoms with Gasteiger partial charge in [-0.1, -0.05) is 12.1 Å². The van der Waals surface area contributed by atoms with Gasteiger partial charge in [0.05, 0.1) is 32.0 Å². The van der Waals surface area contributed by atoms with Crippen LogP contribution in [0.2, 0.25) is 0 Å². The maximum absolute atomic E-state index is 12.7. The molecule has 0 saturated carbocycles. The number of phenols is 1. The number of hydrogen-bond acceptors (Lipinski definition) is 7. The molecule has 0 fully saturated rings. The van der Waals surface area contributed by atoms with Gasteiger partial charge in [0.2, 0.25) is 0 Å². The highest BCUT2D eigenvalue weighted by Gasteiger charge is 2.27. The van der Waals surface area contributed by atoms with Gasteiger partial charge in [-0.15, -0.1) is 0 Å². The molecule has 0 aliphatic carbocycles. The zero-order chi connectivity index (χ0) is 23.1. The van der Waals surface area contributed by atoms with Crippen molar-refractivity contribution in [1.29, 1.82) is 0 Å². The summed E-state index contributed by atoms with van der Waals surface area (Å²) in [6.07, 6.45) is 2.25. The number of phenolic OH excluding ortho intramolecular Hbond substituents is 1. The topological polar surface area (TPSA) is 91.3 Å². The fraction of sp³-hybridized carbons (Fsp3) is 0.333. The third-order valence-electron chi connectivity index (χ3n) is 4.14. The molecule has 0 spiro atoms. The van der Waals surface area contributed by atoms with Crippen LogP contribution in [0.15, 0.2) is 36.4 Å². The van der Waals surface area contributed by atoms with E-state index in [9.17, 15) is 14.7 Å². The number of para-hydroxylation sites is 1. The Hall–Kier alpha value is -3.48. The first-order valence-electron chi connectivity index (χ1n) is 9.86. The van der Waals surface area contributed by atoms with E-state index >= 15 is 0 Å². The Bertz CT molecular complexity index is 974. The molecule has 7 nitrogen and oxygen atoms in total. The number of methoxy groups -OCH3 is 2. The average molecular weight is 428 g/mol. The van der Waals surface area contributed by atoms with Gasteiger partial charge in [-0.3, -0.25) is 4.79 Å². The Kier molecular flexibility index (Phi) is 8.07. The zero-order valence-electron chi connectivity index (χ0n) is 18.6. The van der Waals surface area contributed by atoms with E-state index in [4.69, 9.17) is 18.9 Å². The molecule has 2 rings (SSSR count). The van der Waals surface area contributed by atoms with E-state index in [1.807, 2.05) is 13.8 Å². The van der Waals surface area contributed by atoms with Gasteiger partial charge in [0, 0.05) is 5.56 Å². The van der Waals surface area contributed by atoms with Crippen molar-refractivity contribution in [2.45, 2.75) is 39.9 Å². The van der Waals surface area contributed by atoms with Crippen LogP contribution < -0.4 is 14.2 Å². The van der Waals surface area contributed by atoms with Gasteiger partial charge < -0.3 is 24.1 Å². The number of allylic oxidation sites excluding steroid dienone is 1. The predicted octanol–water partition coefficient (Wildman–Crippen LogP) is 4.66. The Labute approximate surface area is 182 Å². The molecule has 0 atom stereocenters. The lowest BCUT2D eigenvalue weighted by Gasteiger charge is -2.21. The summed E-state index contributed by atoms with van der Waals surface area (Å²) in [4.78, 5) is 25.3. The minimum Gasteiger partial charge on any atom is -0.507 e. The summed E-state index contributed by atoms with van der Waals surface area (Å²) in [6, 6.07) is 7.84. The minimum absolute atomic E-state index is 0.0959. The fourth-order valence-corrected chi connectivity index (χ4v) is 2.88. The van der Waals surface area contributed by atoms with Gasteiger partial charge >= 0.3 is 5.97 Å². The monoisotopic (exact) mass is 428 g/mol. The number of aromatic hydroxyl groups is 1. The van der Waals surface area contributed by atoms with Crippen LogP contribution in [0, 0.1) is 0 Å². The Morgan fingerprint density at radius 2 is 1.65 bits per heavy atom. The van der Waals surface area contributed by atoms with E-state index in [1.165, 1.54) is 38.5 Å². The first-order valence-corrected chi connectivity index (χ1v) is 9.86. The number of ketones is 1. The Morgan fingerprint density at radius 1 is 0.968 bits per heavy atom. The Balaban J connectivity index is 2.62. The largest absolute Gasteiger partial charge is 0.507 e. The van der Waals surface area contributed by atoms with Crippen LogP contribution in [-0.2, 0) is 4.74 Å². The number of rotatable bonds is 9. The van der Waals surface area contributed by atoms with Gasteiger partial charge in [-0.05, 0) is 58.0 Å². The van der Waals surface area contributed by atoms with E-state index < -0.39 is 11.8 Å². The molecule has 0 heterocycles. The second kappa shape index (κ2) is 10.5. The van der Waals surface area contributed by atoms with Crippen molar-refractivity contribution in [3.05, 3.63) is 53.1 Å². The van der Waals surface area contributed by atoms with Crippen molar-refractivity contribution >= 4 is 17.8 Å². The summed E-state index contributed by atoms with van der Waals surface area (Å²) < 4.78 is 22.2. The van der Waals surface area contributed by atoms with Crippen LogP contribution >= 0.6 is 0 Å². The maximum atomic E-state index is 12.7. The standard InChI is InChI=1S/C24H28O7/c1-14(2)30-22-16(11-12-19(26)17-9-7-8-10-18(17)25)13-20(28-5)21(23(22)29-6)24(27)31-15(3)4/h7-15,25H,1-6H3. The molecule has 0 aliphatic rings. The first-order chi connectivity index (χ1) is 14.7. The molecule has 166 valence electrons. The lowest BCUT2D eigenvalue weighted by Crippen LogP contribution is -2.16. The molecule has 0 aliphatic heterocycles. The van der Waals surface area contributed by atoms with Crippen LogP contribution in [0.4, 0.5) is 0 Å². The number of hydrogen-bond donors (Lipinski definition) is 1. The summed E-state index contributed by atoms with van der Waals surface area (Å²) in [5.41, 5.74) is 0.729. The summed E-state index contributed by atoms with van der Waals surface area (Å²) in [5, 5.41) is 9.91. The second-order valence-electron chi connectivity index (χ2n) is 7.24. The van der Waals surface area contributed by atoms with Gasteiger partial charge in [-0.25, -0.2) is 4.79 Å². The van der Waals surface area contributed by atoms with Crippen molar-refractivity contribution in [2.24, 2.45) is 0 Å². The SMILES string of the molecule is COc1cc(C=CC(=O)c2ccccc2O)c(OC(C)C)c(OC)c1C(=O)OC(C)C. The lowest BCUT2D eigenvalue weighted by atomic mass is 10.0. The normalized spacial score (nSPS) is 11.1. The molecule has 7 heteroatoms. The Morgan fingerprint density at radius 3 is 2.19 bits per heavy atom. The van der Waals surface area contributed by atoms with E-state index in [2.05, 4.69) is 0 Å². The summed E-state index contributed by atoms with van der Waals surface area (Å²) in [6.45, 7) is 7.14. The maximum Gasteiger partial charge on any atom is 0.346 e. The summed E-state index contributed by atoms with van der Waals surface area (Å²) in [5.74, 6) is -0.484. The molecule has 0 radical (unpaired) electrons. The van der Waals surface area contributed by atoms with Crippen LogP contribution in [0.3, 0.4) is 0 Å². The molecule has 1 N–H and O–H groups in total. The highest BCUT2D eigenvalue weighted by Crippen LogP contribution is 2.42. The number of esters is 1. The second-order valence-corrected chi connectivity index (χ2v) is 7.24. The molecule has 0 aromatic heterocycles. The van der Waals surface area contributed by atoms with E-state index in [0.717, 1.165) is 0 Å². The first kappa shape index (κ1) is 23.8. The van der Waals surface area contributed by atoms with E-state index in [-0.39, 0.29) is 46.3 Å². The van der Waals surface area contributed by atoms with Crippen LogP contribution in [0.25, 0.3) is 6.08 Å². The molecule has 2 aromatic carbocycles. The summed E-state index contributed by atoms with van der Waals surface area (Å²) in [7, 11) is 2.83. The number of carbonyl (C=O) groups is 2. The molecule has 0 bridgehead atoms. The van der Waals surface area contributed by atoms with Crippen LogP contribution in [0.5, 0.6) is 23.0 Å². The molecule has 2 aromatic rings. The molecular weight excluding hydrogens is 400 g/mol. The highest BCUT2D eigenvalue weighted by atomic mass is 16.6. The van der Waals surface area contributed by atoms with Gasteiger partial charge in [0.1, 0.15) is 17.1 Å². The number of ether oxygens (including phenoxy) is 4. The molecule has 0 unspecified atom stereocenters. The highest BCUT2D eigenvalue weighted by molar-refractivity contribution is 6.09. The third kappa shape index (κ3) is 5.78. The summed E-state index contributed by atoms with van der Waals surface area (Å²) >= 11 is 0. The molecular formula is C24H28O7. The number of benzene rings is 2. The molecule has 0 amide bonds. The molecule has 0 saturated heterocycles. The van der Waals surface area contributed by atoms with Crippen molar-refractivity contribution in [3.8, 4) is 23.0 Å². The van der Waals surface area contributed by atoms with Crippen LogP contribution in [-0.4, -0.2) is 43.3 Å². The van der Waals surface area contributed by atoms with Gasteiger partial charge in [0.15, 0.2) is 17.3 Å². The van der Waals surface area contributed by atoms with Gasteiger partial charge in [0.25, 0.3) is 0 Å². The van der Waals surface area contributed by atoms with Crippen molar-refractivity contribution in [2.75, 3.05) is 14.2 Å². The minimum atomic E-state index is -0.613. The lowest BCUT2D eigenvalue weighted by molar-refractivity contribution is 0.0369. The zero-order valence-corrected chi connectivity index (χ0v) is 18.6. The van der Waals surface area contributed by atoms with Crippen molar-refractivity contribution in [3.63, 3.8) is 0 Å². The fourth-order valence-electron chi connectivity index (χ4n) is 2.88. The van der Waals surface area contributed by atoms with Gasteiger partial charge in [-0.2, -0.15) is 0 Å². The number of carbonyl (C=O) groups excluding carboxylic acids is 2. The average Bonchev–Trinajstić information content (AvgIpc) is 2.71. The van der Waals surface area contributed by atoms with Crippen molar-refractivity contribution in [1.82, 2.24) is 0 Å².